The number of H-pyrrole nitrogens is 1. The van der Waals surface area contributed by atoms with Gasteiger partial charge in [-0.05, 0) is 47.2 Å². The molecule has 0 unspecified atom stereocenters. The molecule has 2 heterocycles. The average Bonchev–Trinajstić information content (AvgIpc) is 3.10. The number of carbonyl (C=O) groups excluding carboxylic acids is 1. The van der Waals surface area contributed by atoms with Crippen molar-refractivity contribution in [3.05, 3.63) is 58.2 Å². The summed E-state index contributed by atoms with van der Waals surface area (Å²) >= 11 is 0. The van der Waals surface area contributed by atoms with E-state index in [1.165, 1.54) is 32.1 Å². The molecule has 12 heteroatoms. The number of sulfone groups is 1. The van der Waals surface area contributed by atoms with Crippen molar-refractivity contribution in [2.45, 2.75) is 55.5 Å². The van der Waals surface area contributed by atoms with Gasteiger partial charge in [0, 0.05) is 36.2 Å². The number of nitrogens with one attached hydrogen (secondary N) is 2. The third-order valence-electron chi connectivity index (χ3n) is 5.85. The fourth-order valence-corrected chi connectivity index (χ4v) is 4.87. The third kappa shape index (κ3) is 5.12. The lowest BCUT2D eigenvalue weighted by molar-refractivity contribution is -0.266. The number of benzene rings is 1. The third-order valence-corrected chi connectivity index (χ3v) is 6.87. The van der Waals surface area contributed by atoms with Crippen molar-refractivity contribution >= 4 is 21.8 Å². The Morgan fingerprint density at radius 3 is 2.41 bits per heavy atom. The van der Waals surface area contributed by atoms with Crippen molar-refractivity contribution in [3.8, 4) is 0 Å². The van der Waals surface area contributed by atoms with Crippen molar-refractivity contribution in [1.29, 1.82) is 0 Å². The van der Waals surface area contributed by atoms with Crippen LogP contribution in [0.4, 0.5) is 17.6 Å². The zero-order valence-corrected chi connectivity index (χ0v) is 19.5. The SMILES string of the molecule is CC(C)(C[C@@](O)(CC1=Cc2[nH]c(S(C)(=O)=O)cc2CN1)C(F)(F)F)c1ccc(F)cc1C(N)=O. The molecular weight excluding hydrogens is 478 g/mol. The minimum absolute atomic E-state index is 0.0410. The van der Waals surface area contributed by atoms with E-state index >= 15 is 0 Å². The molecule has 0 saturated carbocycles. The van der Waals surface area contributed by atoms with Crippen LogP contribution in [0.2, 0.25) is 0 Å². The Morgan fingerprint density at radius 2 is 1.85 bits per heavy atom. The number of amides is 1. The van der Waals surface area contributed by atoms with Gasteiger partial charge in [0.1, 0.15) is 10.8 Å². The zero-order valence-electron chi connectivity index (χ0n) is 18.7. The van der Waals surface area contributed by atoms with E-state index in [9.17, 15) is 35.9 Å². The van der Waals surface area contributed by atoms with Crippen LogP contribution >= 0.6 is 0 Å². The van der Waals surface area contributed by atoms with Crippen LogP contribution in [0.15, 0.2) is 35.0 Å². The number of aliphatic hydroxyl groups is 1. The van der Waals surface area contributed by atoms with Gasteiger partial charge in [-0.2, -0.15) is 13.2 Å². The Balaban J connectivity index is 1.98. The fourth-order valence-electron chi connectivity index (χ4n) is 4.22. The topological polar surface area (TPSA) is 125 Å². The van der Waals surface area contributed by atoms with Gasteiger partial charge in [-0.1, -0.05) is 19.9 Å². The van der Waals surface area contributed by atoms with E-state index in [-0.39, 0.29) is 28.4 Å². The molecule has 0 bridgehead atoms. The number of fused-ring (bicyclic) bond motifs is 1. The molecule has 5 N–H and O–H groups in total. The predicted molar refractivity (Wildman–Crippen MR) is 117 cm³/mol. The number of primary amides is 1. The Kier molecular flexibility index (Phi) is 6.38. The van der Waals surface area contributed by atoms with Crippen molar-refractivity contribution < 1.29 is 35.9 Å². The number of alkyl halides is 3. The smallest absolute Gasteiger partial charge is 0.384 e. The lowest BCUT2D eigenvalue weighted by Gasteiger charge is -2.39. The summed E-state index contributed by atoms with van der Waals surface area (Å²) in [5, 5.41) is 13.6. The Hall–Kier alpha value is -2.86. The first-order valence-electron chi connectivity index (χ1n) is 10.2. The van der Waals surface area contributed by atoms with Gasteiger partial charge in [-0.3, -0.25) is 4.79 Å². The molecule has 1 aromatic carbocycles. The normalized spacial score (nSPS) is 16.3. The molecular formula is C22H25F4N3O4S. The van der Waals surface area contributed by atoms with Crippen molar-refractivity contribution in [2.24, 2.45) is 5.73 Å². The number of rotatable bonds is 7. The summed E-state index contributed by atoms with van der Waals surface area (Å²) in [6.45, 7) is 2.86. The van der Waals surface area contributed by atoms with Gasteiger partial charge in [-0.25, -0.2) is 12.8 Å². The van der Waals surface area contributed by atoms with Gasteiger partial charge in [0.2, 0.25) is 5.91 Å². The molecule has 0 radical (unpaired) electrons. The maximum absolute atomic E-state index is 14.1. The molecule has 0 aliphatic carbocycles. The van der Waals surface area contributed by atoms with Gasteiger partial charge < -0.3 is 21.1 Å². The lowest BCUT2D eigenvalue weighted by atomic mass is 9.72. The fraction of sp³-hybridized carbons (Fsp3) is 0.409. The van der Waals surface area contributed by atoms with Gasteiger partial charge in [0.15, 0.2) is 15.4 Å². The zero-order chi connectivity index (χ0) is 25.7. The summed E-state index contributed by atoms with van der Waals surface area (Å²) in [7, 11) is -3.55. The number of hydrogen-bond donors (Lipinski definition) is 4. The maximum Gasteiger partial charge on any atom is 0.417 e. The Morgan fingerprint density at radius 1 is 1.21 bits per heavy atom. The van der Waals surface area contributed by atoms with Crippen LogP contribution in [-0.2, 0) is 21.8 Å². The van der Waals surface area contributed by atoms with Crippen molar-refractivity contribution in [3.63, 3.8) is 0 Å². The molecule has 2 aromatic rings. The quantitative estimate of drug-likeness (QED) is 0.432. The van der Waals surface area contributed by atoms with E-state index in [1.807, 2.05) is 0 Å². The minimum atomic E-state index is -5.06. The molecule has 1 amide bonds. The van der Waals surface area contributed by atoms with Crippen molar-refractivity contribution in [1.82, 2.24) is 10.3 Å². The predicted octanol–water partition coefficient (Wildman–Crippen LogP) is 3.15. The van der Waals surface area contributed by atoms with Gasteiger partial charge in [-0.15, -0.1) is 0 Å². The summed E-state index contributed by atoms with van der Waals surface area (Å²) in [6.07, 6.45) is -4.46. The second-order valence-corrected chi connectivity index (χ2v) is 11.2. The molecule has 186 valence electrons. The standard InChI is InChI=1S/C22H25F4N3O4S/c1-20(2,16-5-4-13(23)7-15(16)19(27)30)11-21(31,22(24,25)26)9-14-8-17-12(10-28-14)6-18(29-17)34(3,32)33/h4-8,28-29,31H,9-11H2,1-3H3,(H2,27,30)/t21-/m0/s1. The van der Waals surface area contributed by atoms with E-state index < -0.39 is 51.6 Å². The van der Waals surface area contributed by atoms with Crippen LogP contribution in [0, 0.1) is 5.82 Å². The molecule has 1 aliphatic rings. The summed E-state index contributed by atoms with van der Waals surface area (Å²) in [5.41, 5.74) is 1.36. The Bertz CT molecular complexity index is 1270. The summed E-state index contributed by atoms with van der Waals surface area (Å²) in [5.74, 6) is -1.78. The maximum atomic E-state index is 14.1. The van der Waals surface area contributed by atoms with Crippen LogP contribution < -0.4 is 11.1 Å². The minimum Gasteiger partial charge on any atom is -0.384 e. The Labute approximate surface area is 194 Å². The van der Waals surface area contributed by atoms with Gasteiger partial charge in [0.05, 0.1) is 0 Å². The molecule has 3 rings (SSSR count). The molecule has 7 nitrogen and oxygen atoms in total. The number of nitrogens with two attached hydrogens (primary N) is 1. The molecule has 34 heavy (non-hydrogen) atoms. The molecule has 1 aliphatic heterocycles. The van der Waals surface area contributed by atoms with Crippen LogP contribution in [0.3, 0.4) is 0 Å². The summed E-state index contributed by atoms with van der Waals surface area (Å²) in [4.78, 5) is 14.5. The van der Waals surface area contributed by atoms with E-state index in [0.29, 0.717) is 11.3 Å². The van der Waals surface area contributed by atoms with Crippen LogP contribution in [0.1, 0.15) is 53.9 Å². The number of hydrogen-bond acceptors (Lipinski definition) is 5. The summed E-state index contributed by atoms with van der Waals surface area (Å²) in [6, 6.07) is 4.43. The van der Waals surface area contributed by atoms with E-state index in [4.69, 9.17) is 5.73 Å². The van der Waals surface area contributed by atoms with Gasteiger partial charge >= 0.3 is 6.18 Å². The second-order valence-electron chi connectivity index (χ2n) is 9.19. The number of halogens is 4. The summed E-state index contributed by atoms with van der Waals surface area (Å²) < 4.78 is 79.6. The average molecular weight is 504 g/mol. The molecule has 1 aromatic heterocycles. The van der Waals surface area contributed by atoms with Crippen molar-refractivity contribution in [2.75, 3.05) is 6.26 Å². The van der Waals surface area contributed by atoms with Crippen LogP contribution in [0.5, 0.6) is 0 Å². The number of aromatic nitrogens is 1. The van der Waals surface area contributed by atoms with E-state index in [1.54, 1.807) is 0 Å². The highest BCUT2D eigenvalue weighted by molar-refractivity contribution is 7.90. The lowest BCUT2D eigenvalue weighted by Crippen LogP contribution is -2.50. The first kappa shape index (κ1) is 25.8. The van der Waals surface area contributed by atoms with Gasteiger partial charge in [0.25, 0.3) is 0 Å². The first-order chi connectivity index (χ1) is 15.4. The van der Waals surface area contributed by atoms with E-state index in [0.717, 1.165) is 18.4 Å². The first-order valence-corrected chi connectivity index (χ1v) is 12.1. The number of aromatic amines is 1. The van der Waals surface area contributed by atoms with Crippen LogP contribution in [0.25, 0.3) is 6.08 Å². The monoisotopic (exact) mass is 503 g/mol. The second kappa shape index (κ2) is 8.42. The molecule has 1 atom stereocenters. The molecule has 0 saturated heterocycles. The highest BCUT2D eigenvalue weighted by atomic mass is 32.2. The van der Waals surface area contributed by atoms with E-state index in [2.05, 4.69) is 10.3 Å². The number of carbonyl (C=O) groups is 1. The molecule has 0 fully saturated rings. The molecule has 0 spiro atoms. The highest BCUT2D eigenvalue weighted by Gasteiger charge is 2.56. The largest absolute Gasteiger partial charge is 0.417 e. The highest BCUT2D eigenvalue weighted by Crippen LogP contribution is 2.45. The van der Waals surface area contributed by atoms with Crippen LogP contribution in [-0.4, -0.2) is 42.4 Å².